The summed E-state index contributed by atoms with van der Waals surface area (Å²) in [5.41, 5.74) is 1.54. The molecule has 1 heterocycles. The quantitative estimate of drug-likeness (QED) is 0.477. The van der Waals surface area contributed by atoms with Crippen molar-refractivity contribution in [3.63, 3.8) is 0 Å². The minimum Gasteiger partial charge on any atom is -0.462 e. The highest BCUT2D eigenvalue weighted by atomic mass is 32.1. The lowest BCUT2D eigenvalue weighted by atomic mass is 10.1. The molecular formula is C14H22N2O2S2. The van der Waals surface area contributed by atoms with Gasteiger partial charge in [-0.05, 0) is 45.0 Å². The Kier molecular flexibility index (Phi) is 6.95. The second-order valence-electron chi connectivity index (χ2n) is 4.44. The van der Waals surface area contributed by atoms with Crippen molar-refractivity contribution in [1.82, 2.24) is 5.32 Å². The summed E-state index contributed by atoms with van der Waals surface area (Å²) in [6.45, 7) is 9.05. The van der Waals surface area contributed by atoms with E-state index in [1.54, 1.807) is 6.92 Å². The van der Waals surface area contributed by atoms with E-state index in [9.17, 15) is 4.79 Å². The molecule has 20 heavy (non-hydrogen) atoms. The Morgan fingerprint density at radius 1 is 1.35 bits per heavy atom. The minimum atomic E-state index is -0.298. The Hall–Kier alpha value is -1.14. The van der Waals surface area contributed by atoms with Gasteiger partial charge in [0.1, 0.15) is 5.00 Å². The number of hydrogen-bond acceptors (Lipinski definition) is 4. The number of unbranched alkanes of at least 4 members (excludes halogenated alkanes) is 1. The summed E-state index contributed by atoms with van der Waals surface area (Å²) in [6, 6.07) is 0. The van der Waals surface area contributed by atoms with Gasteiger partial charge in [0.25, 0.3) is 0 Å². The number of carbonyl (C=O) groups excluding carboxylic acids is 1. The van der Waals surface area contributed by atoms with Crippen LogP contribution in [0.3, 0.4) is 0 Å². The molecule has 1 aromatic heterocycles. The van der Waals surface area contributed by atoms with Crippen LogP contribution in [-0.2, 0) is 4.74 Å². The van der Waals surface area contributed by atoms with Crippen molar-refractivity contribution in [2.75, 3.05) is 18.5 Å². The molecule has 0 saturated heterocycles. The summed E-state index contributed by atoms with van der Waals surface area (Å²) in [7, 11) is 0. The summed E-state index contributed by atoms with van der Waals surface area (Å²) in [6.07, 6.45) is 2.18. The van der Waals surface area contributed by atoms with Crippen LogP contribution in [-0.4, -0.2) is 24.2 Å². The molecule has 0 atom stereocenters. The first-order valence-electron chi connectivity index (χ1n) is 6.83. The number of anilines is 1. The van der Waals surface area contributed by atoms with Crippen molar-refractivity contribution < 1.29 is 9.53 Å². The molecular weight excluding hydrogens is 292 g/mol. The second-order valence-corrected chi connectivity index (χ2v) is 6.08. The van der Waals surface area contributed by atoms with Crippen molar-refractivity contribution >= 4 is 39.6 Å². The highest BCUT2D eigenvalue weighted by Crippen LogP contribution is 2.32. The van der Waals surface area contributed by atoms with Crippen molar-refractivity contribution in [3.8, 4) is 0 Å². The van der Waals surface area contributed by atoms with Crippen molar-refractivity contribution in [2.45, 2.75) is 40.5 Å². The number of esters is 1. The number of aryl methyl sites for hydroxylation is 1. The van der Waals surface area contributed by atoms with Crippen LogP contribution in [0.5, 0.6) is 0 Å². The molecule has 0 aliphatic rings. The Labute approximate surface area is 129 Å². The van der Waals surface area contributed by atoms with Gasteiger partial charge >= 0.3 is 5.97 Å². The SMILES string of the molecule is CCCCNC(=S)Nc1sc(C)c(C)c1C(=O)OCC. The molecule has 0 radical (unpaired) electrons. The van der Waals surface area contributed by atoms with Crippen molar-refractivity contribution in [3.05, 3.63) is 16.0 Å². The number of hydrogen-bond donors (Lipinski definition) is 2. The monoisotopic (exact) mass is 314 g/mol. The fourth-order valence-electron chi connectivity index (χ4n) is 1.69. The van der Waals surface area contributed by atoms with Gasteiger partial charge in [0.05, 0.1) is 12.2 Å². The van der Waals surface area contributed by atoms with Crippen molar-refractivity contribution in [1.29, 1.82) is 0 Å². The molecule has 2 N–H and O–H groups in total. The Bertz CT molecular complexity index is 484. The maximum Gasteiger partial charge on any atom is 0.341 e. The van der Waals surface area contributed by atoms with Crippen LogP contribution in [0.25, 0.3) is 0 Å². The highest BCUT2D eigenvalue weighted by molar-refractivity contribution is 7.80. The third-order valence-electron chi connectivity index (χ3n) is 2.91. The predicted molar refractivity (Wildman–Crippen MR) is 88.9 cm³/mol. The molecule has 112 valence electrons. The molecule has 6 heteroatoms. The third-order valence-corrected chi connectivity index (χ3v) is 4.28. The van der Waals surface area contributed by atoms with Crippen LogP contribution < -0.4 is 10.6 Å². The minimum absolute atomic E-state index is 0.298. The Morgan fingerprint density at radius 2 is 2.05 bits per heavy atom. The van der Waals surface area contributed by atoms with E-state index in [0.29, 0.717) is 17.3 Å². The Balaban J connectivity index is 2.81. The fraction of sp³-hybridized carbons (Fsp3) is 0.571. The number of nitrogens with one attached hydrogen (secondary N) is 2. The summed E-state index contributed by atoms with van der Waals surface area (Å²) in [5.74, 6) is -0.298. The van der Waals surface area contributed by atoms with Gasteiger partial charge in [-0.25, -0.2) is 4.79 Å². The summed E-state index contributed by atoms with van der Waals surface area (Å²) in [5, 5.41) is 7.55. The summed E-state index contributed by atoms with van der Waals surface area (Å²) >= 11 is 6.77. The number of rotatable bonds is 6. The van der Waals surface area contributed by atoms with Gasteiger partial charge in [0.2, 0.25) is 0 Å². The maximum absolute atomic E-state index is 12.0. The van der Waals surface area contributed by atoms with Gasteiger partial charge in [0.15, 0.2) is 5.11 Å². The lowest BCUT2D eigenvalue weighted by Gasteiger charge is -2.10. The van der Waals surface area contributed by atoms with Crippen LogP contribution in [0.15, 0.2) is 0 Å². The third kappa shape index (κ3) is 4.45. The first-order chi connectivity index (χ1) is 9.51. The highest BCUT2D eigenvalue weighted by Gasteiger charge is 2.21. The maximum atomic E-state index is 12.0. The van der Waals surface area contributed by atoms with E-state index in [-0.39, 0.29) is 5.97 Å². The molecule has 0 amide bonds. The molecule has 1 aromatic rings. The lowest BCUT2D eigenvalue weighted by Crippen LogP contribution is -2.29. The molecule has 4 nitrogen and oxygen atoms in total. The van der Waals surface area contributed by atoms with Crippen LogP contribution in [0, 0.1) is 13.8 Å². The van der Waals surface area contributed by atoms with Crippen LogP contribution in [0.2, 0.25) is 0 Å². The van der Waals surface area contributed by atoms with E-state index in [0.717, 1.165) is 34.8 Å². The van der Waals surface area contributed by atoms with E-state index in [2.05, 4.69) is 17.6 Å². The van der Waals surface area contributed by atoms with Crippen LogP contribution >= 0.6 is 23.6 Å². The van der Waals surface area contributed by atoms with Gasteiger partial charge in [-0.1, -0.05) is 13.3 Å². The largest absolute Gasteiger partial charge is 0.462 e. The predicted octanol–water partition coefficient (Wildman–Crippen LogP) is 3.63. The molecule has 0 unspecified atom stereocenters. The van der Waals surface area contributed by atoms with E-state index in [4.69, 9.17) is 17.0 Å². The molecule has 0 aliphatic carbocycles. The van der Waals surface area contributed by atoms with Gasteiger partial charge in [0, 0.05) is 11.4 Å². The van der Waals surface area contributed by atoms with E-state index < -0.39 is 0 Å². The average molecular weight is 314 g/mol. The zero-order valence-electron chi connectivity index (χ0n) is 12.5. The van der Waals surface area contributed by atoms with Crippen LogP contribution in [0.4, 0.5) is 5.00 Å². The zero-order valence-corrected chi connectivity index (χ0v) is 14.1. The van der Waals surface area contributed by atoms with Crippen molar-refractivity contribution in [2.24, 2.45) is 0 Å². The van der Waals surface area contributed by atoms with Crippen LogP contribution in [0.1, 0.15) is 47.5 Å². The van der Waals surface area contributed by atoms with E-state index >= 15 is 0 Å². The van der Waals surface area contributed by atoms with E-state index in [1.807, 2.05) is 13.8 Å². The number of carbonyl (C=O) groups is 1. The molecule has 1 rings (SSSR count). The van der Waals surface area contributed by atoms with Gasteiger partial charge < -0.3 is 15.4 Å². The summed E-state index contributed by atoms with van der Waals surface area (Å²) in [4.78, 5) is 13.1. The first kappa shape index (κ1) is 16.9. The molecule has 0 aliphatic heterocycles. The normalized spacial score (nSPS) is 10.2. The second kappa shape index (κ2) is 8.21. The van der Waals surface area contributed by atoms with E-state index in [1.165, 1.54) is 11.3 Å². The van der Waals surface area contributed by atoms with Gasteiger partial charge in [-0.15, -0.1) is 11.3 Å². The number of thiocarbonyl (C=S) groups is 1. The fourth-order valence-corrected chi connectivity index (χ4v) is 3.01. The number of thiophene rings is 1. The number of ether oxygens (including phenoxy) is 1. The van der Waals surface area contributed by atoms with Gasteiger partial charge in [-0.2, -0.15) is 0 Å². The summed E-state index contributed by atoms with van der Waals surface area (Å²) < 4.78 is 5.11. The topological polar surface area (TPSA) is 50.4 Å². The smallest absolute Gasteiger partial charge is 0.341 e. The molecule has 0 fully saturated rings. The standard InChI is InChI=1S/C14H22N2O2S2/c1-5-7-8-15-14(19)16-12-11(13(17)18-6-2)9(3)10(4)20-12/h5-8H2,1-4H3,(H2,15,16,19). The molecule has 0 bridgehead atoms. The first-order valence-corrected chi connectivity index (χ1v) is 8.05. The molecule has 0 spiro atoms. The average Bonchev–Trinajstić information content (AvgIpc) is 2.65. The lowest BCUT2D eigenvalue weighted by molar-refractivity contribution is 0.0527. The zero-order chi connectivity index (χ0) is 15.1. The van der Waals surface area contributed by atoms with Gasteiger partial charge in [-0.3, -0.25) is 0 Å². The molecule has 0 aromatic carbocycles. The molecule has 0 saturated carbocycles. The Morgan fingerprint density at radius 3 is 2.65 bits per heavy atom.